The highest BCUT2D eigenvalue weighted by Gasteiger charge is 2.33. The largest absolute Gasteiger partial charge is 0.391 e. The molecule has 2 fully saturated rings. The molecule has 4 rings (SSSR count). The minimum absolute atomic E-state index is 0.0474. The van der Waals surface area contributed by atoms with E-state index in [0.29, 0.717) is 45.6 Å². The van der Waals surface area contributed by atoms with Crippen molar-refractivity contribution >= 4 is 22.8 Å². The van der Waals surface area contributed by atoms with Gasteiger partial charge in [-0.15, -0.1) is 0 Å². The van der Waals surface area contributed by atoms with Gasteiger partial charge in [0.25, 0.3) is 0 Å². The van der Waals surface area contributed by atoms with E-state index in [2.05, 4.69) is 22.5 Å². The summed E-state index contributed by atoms with van der Waals surface area (Å²) in [7, 11) is 0. The number of imidazole rings is 1. The SMILES string of the molecule is CCc1nc2ccccc2n1CCC(=O)N1CC[C@H](O)[C@@H](N2CCN(C(C)=O)CC2)CC1. The quantitative estimate of drug-likeness (QED) is 0.761. The molecule has 0 bridgehead atoms. The Bertz CT molecular complexity index is 950. The van der Waals surface area contributed by atoms with Crippen molar-refractivity contribution in [3.63, 3.8) is 0 Å². The number of aliphatic hydroxyl groups is 1. The highest BCUT2D eigenvalue weighted by atomic mass is 16.3. The van der Waals surface area contributed by atoms with E-state index < -0.39 is 6.10 Å². The summed E-state index contributed by atoms with van der Waals surface area (Å²) in [6.07, 6.45) is 2.18. The summed E-state index contributed by atoms with van der Waals surface area (Å²) in [4.78, 5) is 35.4. The Labute approximate surface area is 189 Å². The first kappa shape index (κ1) is 22.7. The summed E-state index contributed by atoms with van der Waals surface area (Å²) >= 11 is 0. The number of aliphatic hydroxyl groups excluding tert-OH is 1. The van der Waals surface area contributed by atoms with Crippen molar-refractivity contribution in [3.8, 4) is 0 Å². The lowest BCUT2D eigenvalue weighted by Crippen LogP contribution is -2.54. The molecule has 2 atom stereocenters. The predicted octanol–water partition coefficient (Wildman–Crippen LogP) is 1.50. The van der Waals surface area contributed by atoms with E-state index in [1.165, 1.54) is 0 Å². The molecule has 32 heavy (non-hydrogen) atoms. The molecule has 2 aliphatic rings. The third kappa shape index (κ3) is 4.81. The fourth-order valence-electron chi connectivity index (χ4n) is 5.13. The van der Waals surface area contributed by atoms with Crippen LogP contribution in [0.2, 0.25) is 0 Å². The lowest BCUT2D eigenvalue weighted by Gasteiger charge is -2.40. The van der Waals surface area contributed by atoms with Crippen LogP contribution in [0.3, 0.4) is 0 Å². The third-order valence-corrected chi connectivity index (χ3v) is 7.01. The Hall–Kier alpha value is -2.45. The number of benzene rings is 1. The molecule has 174 valence electrons. The number of nitrogens with zero attached hydrogens (tertiary/aromatic N) is 5. The van der Waals surface area contributed by atoms with Crippen LogP contribution >= 0.6 is 0 Å². The average molecular weight is 442 g/mol. The van der Waals surface area contributed by atoms with Crippen molar-refractivity contribution in [2.75, 3.05) is 39.3 Å². The number of hydrogen-bond acceptors (Lipinski definition) is 5. The standard InChI is InChI=1S/C24H35N5O3/c1-3-23-25-19-6-4-5-7-20(19)29(23)13-10-24(32)28-11-8-21(22(31)9-12-28)27-16-14-26(15-17-27)18(2)30/h4-7,21-22,31H,3,8-17H2,1-2H3/t21-,22-/m0/s1. The maximum Gasteiger partial charge on any atom is 0.224 e. The number of rotatable bonds is 5. The maximum absolute atomic E-state index is 13.0. The van der Waals surface area contributed by atoms with Gasteiger partial charge in [-0.05, 0) is 25.0 Å². The van der Waals surface area contributed by atoms with Gasteiger partial charge in [-0.25, -0.2) is 4.98 Å². The molecule has 0 unspecified atom stereocenters. The zero-order valence-electron chi connectivity index (χ0n) is 19.2. The molecule has 0 saturated carbocycles. The Morgan fingerprint density at radius 2 is 1.75 bits per heavy atom. The van der Waals surface area contributed by atoms with Gasteiger partial charge in [0, 0.05) is 71.6 Å². The van der Waals surface area contributed by atoms with Crippen LogP contribution in [-0.2, 0) is 22.6 Å². The summed E-state index contributed by atoms with van der Waals surface area (Å²) in [5, 5.41) is 10.8. The van der Waals surface area contributed by atoms with E-state index >= 15 is 0 Å². The van der Waals surface area contributed by atoms with Crippen LogP contribution in [-0.4, -0.2) is 92.6 Å². The number of para-hydroxylation sites is 2. The molecular weight excluding hydrogens is 406 g/mol. The molecule has 1 aromatic carbocycles. The van der Waals surface area contributed by atoms with Gasteiger partial charge >= 0.3 is 0 Å². The van der Waals surface area contributed by atoms with Crippen molar-refractivity contribution in [2.24, 2.45) is 0 Å². The average Bonchev–Trinajstić information content (AvgIpc) is 3.05. The van der Waals surface area contributed by atoms with Crippen LogP contribution in [0.15, 0.2) is 24.3 Å². The molecule has 2 aromatic rings. The van der Waals surface area contributed by atoms with E-state index in [1.54, 1.807) is 6.92 Å². The van der Waals surface area contributed by atoms with Gasteiger partial charge < -0.3 is 19.5 Å². The number of hydrogen-bond donors (Lipinski definition) is 1. The molecule has 0 spiro atoms. The zero-order valence-corrected chi connectivity index (χ0v) is 19.2. The third-order valence-electron chi connectivity index (χ3n) is 7.01. The van der Waals surface area contributed by atoms with E-state index in [4.69, 9.17) is 4.98 Å². The first-order valence-electron chi connectivity index (χ1n) is 11.9. The molecule has 3 heterocycles. The lowest BCUT2D eigenvalue weighted by atomic mass is 10.0. The fourth-order valence-corrected chi connectivity index (χ4v) is 5.13. The second-order valence-corrected chi connectivity index (χ2v) is 8.91. The Kier molecular flexibility index (Phi) is 7.10. The van der Waals surface area contributed by atoms with Crippen LogP contribution in [0.4, 0.5) is 0 Å². The smallest absolute Gasteiger partial charge is 0.224 e. The number of amides is 2. The Morgan fingerprint density at radius 1 is 1.03 bits per heavy atom. The molecular formula is C24H35N5O3. The summed E-state index contributed by atoms with van der Waals surface area (Å²) in [6.45, 7) is 8.55. The first-order chi connectivity index (χ1) is 15.5. The molecule has 0 aliphatic carbocycles. The van der Waals surface area contributed by atoms with Gasteiger partial charge in [0.05, 0.1) is 17.1 Å². The Balaban J connectivity index is 1.34. The van der Waals surface area contributed by atoms with Gasteiger partial charge in [0.15, 0.2) is 0 Å². The molecule has 2 aliphatic heterocycles. The van der Waals surface area contributed by atoms with Crippen LogP contribution in [0.1, 0.15) is 38.9 Å². The summed E-state index contributed by atoms with van der Waals surface area (Å²) < 4.78 is 2.16. The van der Waals surface area contributed by atoms with E-state index in [-0.39, 0.29) is 17.9 Å². The number of carbonyl (C=O) groups excluding carboxylic acids is 2. The van der Waals surface area contributed by atoms with E-state index in [9.17, 15) is 14.7 Å². The molecule has 1 N–H and O–H groups in total. The maximum atomic E-state index is 13.0. The number of likely N-dealkylation sites (tertiary alicyclic amines) is 1. The zero-order chi connectivity index (χ0) is 22.7. The van der Waals surface area contributed by atoms with Crippen molar-refractivity contribution in [1.82, 2.24) is 24.3 Å². The van der Waals surface area contributed by atoms with Crippen molar-refractivity contribution in [2.45, 2.75) is 58.2 Å². The van der Waals surface area contributed by atoms with Crippen LogP contribution in [0.25, 0.3) is 11.0 Å². The molecule has 2 amide bonds. The van der Waals surface area contributed by atoms with Gasteiger partial charge in [-0.1, -0.05) is 19.1 Å². The second-order valence-electron chi connectivity index (χ2n) is 8.91. The first-order valence-corrected chi connectivity index (χ1v) is 11.9. The fraction of sp³-hybridized carbons (Fsp3) is 0.625. The van der Waals surface area contributed by atoms with Gasteiger partial charge in [-0.2, -0.15) is 0 Å². The predicted molar refractivity (Wildman–Crippen MR) is 123 cm³/mol. The highest BCUT2D eigenvalue weighted by Crippen LogP contribution is 2.21. The van der Waals surface area contributed by atoms with Crippen molar-refractivity contribution in [1.29, 1.82) is 0 Å². The molecule has 8 nitrogen and oxygen atoms in total. The minimum atomic E-state index is -0.444. The minimum Gasteiger partial charge on any atom is -0.391 e. The second kappa shape index (κ2) is 10.0. The number of fused-ring (bicyclic) bond motifs is 1. The van der Waals surface area contributed by atoms with Gasteiger partial charge in [0.2, 0.25) is 11.8 Å². The number of aryl methyl sites for hydroxylation is 2. The number of piperazine rings is 1. The molecule has 0 radical (unpaired) electrons. The van der Waals surface area contributed by atoms with Crippen LogP contribution in [0, 0.1) is 0 Å². The van der Waals surface area contributed by atoms with Crippen molar-refractivity contribution < 1.29 is 14.7 Å². The summed E-state index contributed by atoms with van der Waals surface area (Å²) in [5.74, 6) is 1.26. The van der Waals surface area contributed by atoms with E-state index in [0.717, 1.165) is 42.8 Å². The molecule has 2 saturated heterocycles. The van der Waals surface area contributed by atoms with Crippen LogP contribution < -0.4 is 0 Å². The van der Waals surface area contributed by atoms with Gasteiger partial charge in [-0.3, -0.25) is 14.5 Å². The Morgan fingerprint density at radius 3 is 2.47 bits per heavy atom. The summed E-state index contributed by atoms with van der Waals surface area (Å²) in [5.41, 5.74) is 2.05. The topological polar surface area (TPSA) is 81.9 Å². The summed E-state index contributed by atoms with van der Waals surface area (Å²) in [6, 6.07) is 8.12. The highest BCUT2D eigenvalue weighted by molar-refractivity contribution is 5.78. The lowest BCUT2D eigenvalue weighted by molar-refractivity contribution is -0.132. The van der Waals surface area contributed by atoms with E-state index in [1.807, 2.05) is 28.0 Å². The molecule has 8 heteroatoms. The normalized spacial score (nSPS) is 22.8. The van der Waals surface area contributed by atoms with Crippen molar-refractivity contribution in [3.05, 3.63) is 30.1 Å². The monoisotopic (exact) mass is 441 g/mol. The van der Waals surface area contributed by atoms with Gasteiger partial charge in [0.1, 0.15) is 5.82 Å². The molecule has 1 aromatic heterocycles. The number of carbonyl (C=O) groups is 2. The number of aromatic nitrogens is 2. The van der Waals surface area contributed by atoms with Crippen LogP contribution in [0.5, 0.6) is 0 Å².